The number of phosphoric ester groups is 2. The number of aliphatic hydroxyl groups is 4. The molecule has 1 aromatic rings. The number of alkyl halides is 1. The SMILES string of the molecule is O=c1ccn([C@@H]2O[C@H](COP(=O)(O)O[C@H]3[C@@H](O)[C@@H](CO)OC(OP(=O)(O)O)[C@@H]3F)[C@@H](O)[C@H]2O)c(=O)[nH]1. The summed E-state index contributed by atoms with van der Waals surface area (Å²) in [6, 6.07) is 0.930. The Labute approximate surface area is 199 Å². The van der Waals surface area contributed by atoms with Crippen LogP contribution in [-0.4, -0.2) is 107 Å². The van der Waals surface area contributed by atoms with Crippen molar-refractivity contribution in [3.8, 4) is 0 Å². The van der Waals surface area contributed by atoms with E-state index in [0.29, 0.717) is 0 Å². The maximum absolute atomic E-state index is 14.7. The highest BCUT2D eigenvalue weighted by atomic mass is 31.2. The van der Waals surface area contributed by atoms with Crippen LogP contribution in [0.15, 0.2) is 21.9 Å². The van der Waals surface area contributed by atoms with Crippen LogP contribution in [-0.2, 0) is 32.2 Å². The Morgan fingerprint density at radius 3 is 2.28 bits per heavy atom. The van der Waals surface area contributed by atoms with Crippen LogP contribution in [0, 0.1) is 0 Å². The lowest BCUT2D eigenvalue weighted by Crippen LogP contribution is -2.58. The third kappa shape index (κ3) is 6.72. The van der Waals surface area contributed by atoms with E-state index in [4.69, 9.17) is 19.3 Å². The summed E-state index contributed by atoms with van der Waals surface area (Å²) in [5.41, 5.74) is -1.75. The predicted molar refractivity (Wildman–Crippen MR) is 108 cm³/mol. The van der Waals surface area contributed by atoms with Crippen molar-refractivity contribution in [3.63, 3.8) is 0 Å². The number of hydrogen-bond donors (Lipinski definition) is 8. The maximum Gasteiger partial charge on any atom is 0.472 e. The molecule has 0 saturated carbocycles. The Kier molecular flexibility index (Phi) is 9.02. The second-order valence-corrected chi connectivity index (χ2v) is 10.3. The van der Waals surface area contributed by atoms with Crippen molar-refractivity contribution < 1.29 is 71.7 Å². The van der Waals surface area contributed by atoms with Gasteiger partial charge in [0.1, 0.15) is 36.6 Å². The van der Waals surface area contributed by atoms with E-state index in [1.165, 1.54) is 0 Å². The average molecular weight is 568 g/mol. The molecule has 0 aromatic carbocycles. The van der Waals surface area contributed by atoms with Gasteiger partial charge in [-0.25, -0.2) is 18.3 Å². The molecule has 0 amide bonds. The highest BCUT2D eigenvalue weighted by molar-refractivity contribution is 7.47. The molecule has 3 heterocycles. The number of H-pyrrole nitrogens is 1. The Balaban J connectivity index is 1.68. The van der Waals surface area contributed by atoms with Crippen LogP contribution in [0.2, 0.25) is 0 Å². The monoisotopic (exact) mass is 568 g/mol. The summed E-state index contributed by atoms with van der Waals surface area (Å²) in [6.07, 6.45) is -17.1. The average Bonchev–Trinajstić information content (AvgIpc) is 3.05. The highest BCUT2D eigenvalue weighted by Gasteiger charge is 2.52. The molecule has 2 saturated heterocycles. The Morgan fingerprint density at radius 1 is 1.03 bits per heavy atom. The quantitative estimate of drug-likeness (QED) is 0.133. The van der Waals surface area contributed by atoms with Crippen molar-refractivity contribution in [2.75, 3.05) is 13.2 Å². The van der Waals surface area contributed by atoms with Crippen molar-refractivity contribution in [3.05, 3.63) is 33.1 Å². The molecule has 2 unspecified atom stereocenters. The van der Waals surface area contributed by atoms with Gasteiger partial charge in [0.05, 0.1) is 13.2 Å². The van der Waals surface area contributed by atoms with Gasteiger partial charge in [0.2, 0.25) is 6.29 Å². The normalized spacial score (nSPS) is 37.1. The fraction of sp³-hybridized carbons (Fsp3) is 0.733. The fourth-order valence-electron chi connectivity index (χ4n) is 3.45. The van der Waals surface area contributed by atoms with E-state index in [1.807, 2.05) is 4.98 Å². The topological polar surface area (TPSA) is 277 Å². The van der Waals surface area contributed by atoms with Gasteiger partial charge in [-0.05, 0) is 0 Å². The van der Waals surface area contributed by atoms with Crippen LogP contribution in [0.3, 0.4) is 0 Å². The zero-order chi connectivity index (χ0) is 27.0. The van der Waals surface area contributed by atoms with Gasteiger partial charge >= 0.3 is 21.3 Å². The Morgan fingerprint density at radius 2 is 1.69 bits per heavy atom. The second kappa shape index (κ2) is 11.1. The van der Waals surface area contributed by atoms with Crippen molar-refractivity contribution >= 4 is 15.6 Å². The van der Waals surface area contributed by atoms with Crippen molar-refractivity contribution in [2.45, 2.75) is 55.3 Å². The van der Waals surface area contributed by atoms with Gasteiger partial charge in [0, 0.05) is 12.3 Å². The zero-order valence-corrected chi connectivity index (χ0v) is 19.6. The number of hydrogen-bond acceptors (Lipinski definition) is 13. The largest absolute Gasteiger partial charge is 0.472 e. The summed E-state index contributed by atoms with van der Waals surface area (Å²) in [7, 11) is -10.7. The lowest BCUT2D eigenvalue weighted by atomic mass is 10.0. The molecule has 36 heavy (non-hydrogen) atoms. The molecular formula is C15H23FN2O16P2. The van der Waals surface area contributed by atoms with E-state index in [2.05, 4.69) is 13.6 Å². The van der Waals surface area contributed by atoms with Gasteiger partial charge in [0.15, 0.2) is 12.4 Å². The summed E-state index contributed by atoms with van der Waals surface area (Å²) in [4.78, 5) is 52.7. The zero-order valence-electron chi connectivity index (χ0n) is 17.8. The first-order valence-electron chi connectivity index (χ1n) is 9.94. The van der Waals surface area contributed by atoms with Crippen molar-refractivity contribution in [2.24, 2.45) is 0 Å². The molecule has 0 spiro atoms. The van der Waals surface area contributed by atoms with Crippen molar-refractivity contribution in [1.29, 1.82) is 0 Å². The first-order valence-corrected chi connectivity index (χ1v) is 13.0. The number of aromatic nitrogens is 2. The molecule has 2 aliphatic rings. The highest BCUT2D eigenvalue weighted by Crippen LogP contribution is 2.49. The number of aromatic amines is 1. The van der Waals surface area contributed by atoms with E-state index in [0.717, 1.165) is 16.8 Å². The molecule has 18 nitrogen and oxygen atoms in total. The van der Waals surface area contributed by atoms with E-state index in [9.17, 15) is 48.4 Å². The molecule has 0 bridgehead atoms. The fourth-order valence-corrected chi connectivity index (χ4v) is 4.83. The molecule has 8 N–H and O–H groups in total. The minimum absolute atomic E-state index is 0.729. The summed E-state index contributed by atoms with van der Waals surface area (Å²) in [6.45, 7) is -2.01. The van der Waals surface area contributed by atoms with Gasteiger partial charge in [-0.3, -0.25) is 27.9 Å². The van der Waals surface area contributed by atoms with Gasteiger partial charge in [0.25, 0.3) is 5.56 Å². The summed E-state index contributed by atoms with van der Waals surface area (Å²) >= 11 is 0. The third-order valence-electron chi connectivity index (χ3n) is 5.14. The number of phosphoric acid groups is 2. The molecule has 0 radical (unpaired) electrons. The molecule has 10 atom stereocenters. The molecule has 2 aliphatic heterocycles. The molecule has 1 aromatic heterocycles. The number of nitrogens with zero attached hydrogens (tertiary/aromatic N) is 1. The van der Waals surface area contributed by atoms with Gasteiger partial charge in [-0.2, -0.15) is 0 Å². The van der Waals surface area contributed by atoms with E-state index in [-0.39, 0.29) is 0 Å². The molecular weight excluding hydrogens is 545 g/mol. The molecule has 3 rings (SSSR count). The number of halogens is 1. The molecule has 206 valence electrons. The minimum atomic E-state index is -5.34. The first kappa shape index (κ1) is 29.2. The standard InChI is InChI=1S/C15H23FN2O16P2/c16-8-12(10(22)5(3-19)32-14(8)34-35(25,26)27)33-36(28,29)30-4-6-9(21)11(23)13(31-6)18-2-1-7(20)17-15(18)24/h1-2,5-6,8-14,19,21-23H,3-4H2,(H,28,29)(H,17,20,24)(H2,25,26,27)/t5-,6-,8-,9-,10+,11-,12-,13-,14?/m1/s1. The number of nitrogens with one attached hydrogen (secondary N) is 1. The molecule has 2 fully saturated rings. The Bertz CT molecular complexity index is 1130. The number of ether oxygens (including phenoxy) is 2. The van der Waals surface area contributed by atoms with Gasteiger partial charge < -0.3 is 44.6 Å². The summed E-state index contributed by atoms with van der Waals surface area (Å²) in [5.74, 6) is 0. The van der Waals surface area contributed by atoms with Gasteiger partial charge in [-0.15, -0.1) is 0 Å². The molecule has 0 aliphatic carbocycles. The first-order chi connectivity index (χ1) is 16.6. The van der Waals surface area contributed by atoms with Crippen LogP contribution < -0.4 is 11.2 Å². The van der Waals surface area contributed by atoms with Gasteiger partial charge in [-0.1, -0.05) is 0 Å². The summed E-state index contributed by atoms with van der Waals surface area (Å²) < 4.78 is 62.1. The molecule has 21 heteroatoms. The smallest absolute Gasteiger partial charge is 0.394 e. The lowest BCUT2D eigenvalue weighted by Gasteiger charge is -2.40. The van der Waals surface area contributed by atoms with Crippen LogP contribution in [0.5, 0.6) is 0 Å². The van der Waals surface area contributed by atoms with Crippen LogP contribution in [0.1, 0.15) is 6.23 Å². The van der Waals surface area contributed by atoms with E-state index in [1.54, 1.807) is 0 Å². The predicted octanol–water partition coefficient (Wildman–Crippen LogP) is -3.82. The van der Waals surface area contributed by atoms with Crippen LogP contribution >= 0.6 is 15.6 Å². The van der Waals surface area contributed by atoms with E-state index < -0.39 is 95.4 Å². The van der Waals surface area contributed by atoms with E-state index >= 15 is 0 Å². The number of rotatable bonds is 9. The van der Waals surface area contributed by atoms with Crippen molar-refractivity contribution in [1.82, 2.24) is 9.55 Å². The Hall–Kier alpha value is -1.41. The van der Waals surface area contributed by atoms with Crippen LogP contribution in [0.25, 0.3) is 0 Å². The minimum Gasteiger partial charge on any atom is -0.394 e. The number of aliphatic hydroxyl groups excluding tert-OH is 4. The third-order valence-corrected chi connectivity index (χ3v) is 6.61. The summed E-state index contributed by atoms with van der Waals surface area (Å²) in [5, 5.41) is 39.7. The second-order valence-electron chi connectivity index (χ2n) is 7.65. The van der Waals surface area contributed by atoms with Crippen LogP contribution in [0.4, 0.5) is 4.39 Å². The maximum atomic E-state index is 14.7. The lowest BCUT2D eigenvalue weighted by molar-refractivity contribution is -0.262.